The lowest BCUT2D eigenvalue weighted by molar-refractivity contribution is -0.128. The van der Waals surface area contributed by atoms with Crippen LogP contribution in [0.2, 0.25) is 0 Å². The van der Waals surface area contributed by atoms with Crippen LogP contribution < -0.4 is 0 Å². The number of ether oxygens (including phenoxy) is 1. The van der Waals surface area contributed by atoms with Gasteiger partial charge in [0.1, 0.15) is 0 Å². The molecule has 6 heteroatoms. The molecule has 0 radical (unpaired) electrons. The normalized spacial score (nSPS) is 18.4. The van der Waals surface area contributed by atoms with E-state index in [0.29, 0.717) is 19.6 Å². The summed E-state index contributed by atoms with van der Waals surface area (Å²) in [6.45, 7) is 0.754. The second-order valence-corrected chi connectivity index (χ2v) is 9.13. The van der Waals surface area contributed by atoms with Gasteiger partial charge in [0.2, 0.25) is 5.91 Å². The second-order valence-electron chi connectivity index (χ2n) is 6.91. The summed E-state index contributed by atoms with van der Waals surface area (Å²) in [5.74, 6) is -0.0268. The van der Waals surface area contributed by atoms with Crippen LogP contribution in [0.25, 0.3) is 17.2 Å². The molecule has 2 aromatic rings. The Hall–Kier alpha value is -2.44. The van der Waals surface area contributed by atoms with E-state index in [-0.39, 0.29) is 23.5 Å². The van der Waals surface area contributed by atoms with Gasteiger partial charge in [-0.15, -0.1) is 0 Å². The molecule has 0 saturated carbocycles. The van der Waals surface area contributed by atoms with Crippen LogP contribution in [0.5, 0.6) is 0 Å². The van der Waals surface area contributed by atoms with E-state index in [0.717, 1.165) is 16.7 Å². The standard InChI is InChI=1S/C22H25NO4S/c1-27-14-13-23(21-12-15-28(25,26)17-21)22(24)11-10-18-6-5-9-20(16-18)19-7-3-2-4-8-19/h2-11,16,21H,12-15,17H2,1H3. The van der Waals surface area contributed by atoms with Crippen LogP contribution in [0.4, 0.5) is 0 Å². The number of hydrogen-bond acceptors (Lipinski definition) is 4. The van der Waals surface area contributed by atoms with Gasteiger partial charge in [-0.25, -0.2) is 8.42 Å². The zero-order valence-electron chi connectivity index (χ0n) is 16.0. The molecule has 1 amide bonds. The van der Waals surface area contributed by atoms with Crippen LogP contribution in [-0.4, -0.2) is 57.0 Å². The van der Waals surface area contributed by atoms with Crippen molar-refractivity contribution in [2.75, 3.05) is 31.8 Å². The Morgan fingerprint density at radius 1 is 1.14 bits per heavy atom. The zero-order valence-corrected chi connectivity index (χ0v) is 16.8. The van der Waals surface area contributed by atoms with Crippen LogP contribution >= 0.6 is 0 Å². The zero-order chi connectivity index (χ0) is 20.0. The molecule has 0 N–H and O–H groups in total. The predicted molar refractivity (Wildman–Crippen MR) is 112 cm³/mol. The highest BCUT2D eigenvalue weighted by Crippen LogP contribution is 2.21. The van der Waals surface area contributed by atoms with Crippen molar-refractivity contribution in [3.8, 4) is 11.1 Å². The Labute approximate surface area is 166 Å². The number of sulfone groups is 1. The number of carbonyl (C=O) groups excluding carboxylic acids is 1. The van der Waals surface area contributed by atoms with Gasteiger partial charge >= 0.3 is 0 Å². The molecule has 28 heavy (non-hydrogen) atoms. The van der Waals surface area contributed by atoms with Crippen molar-refractivity contribution in [3.63, 3.8) is 0 Å². The van der Waals surface area contributed by atoms with E-state index >= 15 is 0 Å². The lowest BCUT2D eigenvalue weighted by Crippen LogP contribution is -2.42. The fraction of sp³-hybridized carbons (Fsp3) is 0.318. The first-order chi connectivity index (χ1) is 13.5. The van der Waals surface area contributed by atoms with Crippen molar-refractivity contribution < 1.29 is 17.9 Å². The van der Waals surface area contributed by atoms with E-state index in [1.807, 2.05) is 54.6 Å². The van der Waals surface area contributed by atoms with Crippen LogP contribution in [0.1, 0.15) is 12.0 Å². The number of rotatable bonds is 7. The smallest absolute Gasteiger partial charge is 0.246 e. The minimum Gasteiger partial charge on any atom is -0.383 e. The summed E-state index contributed by atoms with van der Waals surface area (Å²) in [4.78, 5) is 14.4. The molecular formula is C22H25NO4S. The highest BCUT2D eigenvalue weighted by atomic mass is 32.2. The third kappa shape index (κ3) is 5.30. The highest BCUT2D eigenvalue weighted by Gasteiger charge is 2.33. The summed E-state index contributed by atoms with van der Waals surface area (Å²) in [5, 5.41) is 0. The van der Waals surface area contributed by atoms with Crippen molar-refractivity contribution in [3.05, 3.63) is 66.2 Å². The van der Waals surface area contributed by atoms with Gasteiger partial charge in [-0.2, -0.15) is 0 Å². The molecule has 1 saturated heterocycles. The lowest BCUT2D eigenvalue weighted by atomic mass is 10.0. The van der Waals surface area contributed by atoms with Crippen molar-refractivity contribution in [2.24, 2.45) is 0 Å². The fourth-order valence-corrected chi connectivity index (χ4v) is 5.13. The molecule has 0 aromatic heterocycles. The van der Waals surface area contributed by atoms with Gasteiger partial charge < -0.3 is 9.64 Å². The van der Waals surface area contributed by atoms with Crippen molar-refractivity contribution in [1.82, 2.24) is 4.90 Å². The molecule has 1 aliphatic rings. The molecule has 1 atom stereocenters. The average Bonchev–Trinajstić information content (AvgIpc) is 3.07. The first kappa shape index (κ1) is 20.3. The van der Waals surface area contributed by atoms with E-state index in [2.05, 4.69) is 0 Å². The number of carbonyl (C=O) groups is 1. The molecule has 1 heterocycles. The third-order valence-electron chi connectivity index (χ3n) is 4.88. The van der Waals surface area contributed by atoms with Gasteiger partial charge in [0.25, 0.3) is 0 Å². The van der Waals surface area contributed by atoms with Crippen LogP contribution in [-0.2, 0) is 19.4 Å². The Morgan fingerprint density at radius 2 is 1.89 bits per heavy atom. The van der Waals surface area contributed by atoms with Gasteiger partial charge in [0.15, 0.2) is 9.84 Å². The Kier molecular flexibility index (Phi) is 6.65. The van der Waals surface area contributed by atoms with Gasteiger partial charge in [-0.05, 0) is 35.3 Å². The Balaban J connectivity index is 1.75. The summed E-state index contributed by atoms with van der Waals surface area (Å²) in [6.07, 6.45) is 3.78. The lowest BCUT2D eigenvalue weighted by Gasteiger charge is -2.26. The third-order valence-corrected chi connectivity index (χ3v) is 6.63. The topological polar surface area (TPSA) is 63.7 Å². The minimum atomic E-state index is -3.06. The summed E-state index contributed by atoms with van der Waals surface area (Å²) >= 11 is 0. The van der Waals surface area contributed by atoms with Gasteiger partial charge in [0.05, 0.1) is 18.1 Å². The minimum absolute atomic E-state index is 0.0276. The second kappa shape index (κ2) is 9.17. The molecule has 0 spiro atoms. The predicted octanol–water partition coefficient (Wildman–Crippen LogP) is 3.03. The highest BCUT2D eigenvalue weighted by molar-refractivity contribution is 7.91. The van der Waals surface area contributed by atoms with Crippen molar-refractivity contribution in [1.29, 1.82) is 0 Å². The first-order valence-corrected chi connectivity index (χ1v) is 11.1. The number of nitrogens with zero attached hydrogens (tertiary/aromatic N) is 1. The molecule has 5 nitrogen and oxygen atoms in total. The molecule has 1 aliphatic heterocycles. The maximum Gasteiger partial charge on any atom is 0.246 e. The van der Waals surface area contributed by atoms with Crippen molar-refractivity contribution >= 4 is 21.8 Å². The van der Waals surface area contributed by atoms with Gasteiger partial charge in [-0.1, -0.05) is 48.5 Å². The van der Waals surface area contributed by atoms with Crippen LogP contribution in [0, 0.1) is 0 Å². The molecule has 1 fully saturated rings. The van der Waals surface area contributed by atoms with E-state index < -0.39 is 9.84 Å². The number of hydrogen-bond donors (Lipinski definition) is 0. The van der Waals surface area contributed by atoms with Crippen molar-refractivity contribution in [2.45, 2.75) is 12.5 Å². The first-order valence-electron chi connectivity index (χ1n) is 9.32. The largest absolute Gasteiger partial charge is 0.383 e. The summed E-state index contributed by atoms with van der Waals surface area (Å²) in [7, 11) is -1.49. The van der Waals surface area contributed by atoms with E-state index in [4.69, 9.17) is 4.74 Å². The van der Waals surface area contributed by atoms with E-state index in [1.54, 1.807) is 18.1 Å². The molecule has 3 rings (SSSR count). The Morgan fingerprint density at radius 3 is 2.57 bits per heavy atom. The maximum atomic E-state index is 12.8. The van der Waals surface area contributed by atoms with E-state index in [9.17, 15) is 13.2 Å². The number of methoxy groups -OCH3 is 1. The number of benzene rings is 2. The molecule has 0 aliphatic carbocycles. The average molecular weight is 400 g/mol. The summed E-state index contributed by atoms with van der Waals surface area (Å²) in [5.41, 5.74) is 3.11. The molecule has 148 valence electrons. The SMILES string of the molecule is COCCN(C(=O)C=Cc1cccc(-c2ccccc2)c1)C1CCS(=O)(=O)C1. The summed E-state index contributed by atoms with van der Waals surface area (Å²) < 4.78 is 28.7. The van der Waals surface area contributed by atoms with E-state index in [1.165, 1.54) is 6.08 Å². The molecule has 2 aromatic carbocycles. The van der Waals surface area contributed by atoms with Gasteiger partial charge in [-0.3, -0.25) is 4.79 Å². The van der Waals surface area contributed by atoms with Crippen LogP contribution in [0.3, 0.4) is 0 Å². The van der Waals surface area contributed by atoms with Gasteiger partial charge in [0, 0.05) is 25.8 Å². The summed E-state index contributed by atoms with van der Waals surface area (Å²) in [6, 6.07) is 17.7. The van der Waals surface area contributed by atoms with Crippen LogP contribution in [0.15, 0.2) is 60.7 Å². The fourth-order valence-electron chi connectivity index (χ4n) is 3.40. The molecular weight excluding hydrogens is 374 g/mol. The Bertz CT molecular complexity index is 938. The maximum absolute atomic E-state index is 12.8. The quantitative estimate of drug-likeness (QED) is 0.672. The monoisotopic (exact) mass is 399 g/mol. The molecule has 1 unspecified atom stereocenters. The number of amides is 1. The molecule has 0 bridgehead atoms.